The van der Waals surface area contributed by atoms with Crippen molar-refractivity contribution in [1.82, 2.24) is 0 Å². The van der Waals surface area contributed by atoms with Crippen LogP contribution in [0.2, 0.25) is 0 Å². The van der Waals surface area contributed by atoms with E-state index < -0.39 is 0 Å². The highest BCUT2D eigenvalue weighted by Gasteiger charge is 2.15. The SMILES string of the molecule is CCCC(c1ccc(N)cc1)c1ccc(CCc2ccc(C(CCC)c3ccc(N)cc3)cc2)cc1. The Morgan fingerprint density at radius 3 is 1.00 bits per heavy atom. The summed E-state index contributed by atoms with van der Waals surface area (Å²) in [6.07, 6.45) is 6.71. The second kappa shape index (κ2) is 12.4. The summed E-state index contributed by atoms with van der Waals surface area (Å²) < 4.78 is 0. The number of nitrogen functional groups attached to an aromatic ring is 2. The van der Waals surface area contributed by atoms with Gasteiger partial charge in [0.05, 0.1) is 0 Å². The third-order valence-corrected chi connectivity index (χ3v) is 7.30. The molecule has 0 amide bonds. The fraction of sp³-hybridized carbons (Fsp3) is 0.294. The Hall–Kier alpha value is -3.52. The zero-order valence-corrected chi connectivity index (χ0v) is 21.8. The van der Waals surface area contributed by atoms with Crippen LogP contribution in [0, 0.1) is 0 Å². The highest BCUT2D eigenvalue weighted by atomic mass is 14.5. The first-order valence-corrected chi connectivity index (χ1v) is 13.5. The number of hydrogen-bond donors (Lipinski definition) is 2. The molecule has 4 rings (SSSR count). The Balaban J connectivity index is 1.40. The van der Waals surface area contributed by atoms with Crippen molar-refractivity contribution in [3.8, 4) is 0 Å². The van der Waals surface area contributed by atoms with Gasteiger partial charge in [0.25, 0.3) is 0 Å². The van der Waals surface area contributed by atoms with Crippen LogP contribution in [0.1, 0.15) is 84.7 Å². The van der Waals surface area contributed by atoms with E-state index in [0.29, 0.717) is 11.8 Å². The van der Waals surface area contributed by atoms with Crippen molar-refractivity contribution >= 4 is 11.4 Å². The van der Waals surface area contributed by atoms with E-state index in [9.17, 15) is 0 Å². The van der Waals surface area contributed by atoms with Gasteiger partial charge >= 0.3 is 0 Å². The van der Waals surface area contributed by atoms with Gasteiger partial charge in [-0.1, -0.05) is 99.5 Å². The Kier molecular flexibility index (Phi) is 8.84. The molecule has 0 aliphatic rings. The van der Waals surface area contributed by atoms with E-state index in [1.165, 1.54) is 33.4 Å². The summed E-state index contributed by atoms with van der Waals surface area (Å²) in [5.41, 5.74) is 21.7. The highest BCUT2D eigenvalue weighted by Crippen LogP contribution is 2.31. The minimum absolute atomic E-state index is 0.425. The van der Waals surface area contributed by atoms with Crippen molar-refractivity contribution < 1.29 is 0 Å². The standard InChI is InChI=1S/C34H40N2/c1-3-5-33(29-17-21-31(35)22-18-29)27-13-9-25(10-14-27)7-8-26-11-15-28(16-12-26)34(6-4-2)30-19-23-32(36)24-20-30/h9-24,33-34H,3-8,35-36H2,1-2H3. The van der Waals surface area contributed by atoms with Gasteiger partial charge in [-0.25, -0.2) is 0 Å². The summed E-state index contributed by atoms with van der Waals surface area (Å²) in [5.74, 6) is 0.851. The van der Waals surface area contributed by atoms with E-state index >= 15 is 0 Å². The number of benzene rings is 4. The van der Waals surface area contributed by atoms with Gasteiger partial charge in [-0.05, 0) is 83.3 Å². The second-order valence-electron chi connectivity index (χ2n) is 10.00. The van der Waals surface area contributed by atoms with Gasteiger partial charge in [-0.2, -0.15) is 0 Å². The summed E-state index contributed by atoms with van der Waals surface area (Å²) in [7, 11) is 0. The predicted molar refractivity (Wildman–Crippen MR) is 156 cm³/mol. The summed E-state index contributed by atoms with van der Waals surface area (Å²) in [4.78, 5) is 0. The fourth-order valence-electron chi connectivity index (χ4n) is 5.21. The topological polar surface area (TPSA) is 52.0 Å². The van der Waals surface area contributed by atoms with Gasteiger partial charge in [-0.3, -0.25) is 0 Å². The van der Waals surface area contributed by atoms with Crippen molar-refractivity contribution in [2.45, 2.75) is 64.2 Å². The Labute approximate surface area is 217 Å². The molecule has 4 aromatic carbocycles. The Bertz CT molecular complexity index is 1090. The predicted octanol–water partition coefficient (Wildman–Crippen LogP) is 8.50. The van der Waals surface area contributed by atoms with Crippen LogP contribution in [0.15, 0.2) is 97.1 Å². The molecule has 0 saturated heterocycles. The first kappa shape index (κ1) is 25.6. The molecule has 4 aromatic rings. The largest absolute Gasteiger partial charge is 0.399 e. The van der Waals surface area contributed by atoms with Gasteiger partial charge < -0.3 is 11.5 Å². The van der Waals surface area contributed by atoms with Gasteiger partial charge in [0.15, 0.2) is 0 Å². The quantitative estimate of drug-likeness (QED) is 0.213. The van der Waals surface area contributed by atoms with Crippen molar-refractivity contribution in [3.05, 3.63) is 130 Å². The summed E-state index contributed by atoms with van der Waals surface area (Å²) in [6.45, 7) is 4.51. The average molecular weight is 477 g/mol. The maximum atomic E-state index is 5.90. The molecule has 0 saturated carbocycles. The molecule has 0 radical (unpaired) electrons. The zero-order chi connectivity index (χ0) is 25.3. The van der Waals surface area contributed by atoms with E-state index in [4.69, 9.17) is 11.5 Å². The number of aryl methyl sites for hydroxylation is 2. The lowest BCUT2D eigenvalue weighted by atomic mass is 9.86. The number of anilines is 2. The Morgan fingerprint density at radius 1 is 0.444 bits per heavy atom. The van der Waals surface area contributed by atoms with Crippen LogP contribution in [0.5, 0.6) is 0 Å². The molecule has 0 heterocycles. The van der Waals surface area contributed by atoms with E-state index in [0.717, 1.165) is 49.9 Å². The lowest BCUT2D eigenvalue weighted by Crippen LogP contribution is -2.02. The van der Waals surface area contributed by atoms with E-state index in [-0.39, 0.29) is 0 Å². The minimum Gasteiger partial charge on any atom is -0.399 e. The average Bonchev–Trinajstić information content (AvgIpc) is 2.91. The lowest BCUT2D eigenvalue weighted by Gasteiger charge is -2.18. The lowest BCUT2D eigenvalue weighted by molar-refractivity contribution is 0.697. The van der Waals surface area contributed by atoms with Crippen molar-refractivity contribution in [1.29, 1.82) is 0 Å². The molecular weight excluding hydrogens is 436 g/mol. The third-order valence-electron chi connectivity index (χ3n) is 7.30. The van der Waals surface area contributed by atoms with Crippen molar-refractivity contribution in [2.24, 2.45) is 0 Å². The molecule has 2 unspecified atom stereocenters. The van der Waals surface area contributed by atoms with E-state index in [2.05, 4.69) is 86.6 Å². The molecule has 4 N–H and O–H groups in total. The summed E-state index contributed by atoms with van der Waals surface area (Å²) in [5, 5.41) is 0. The maximum absolute atomic E-state index is 5.90. The zero-order valence-electron chi connectivity index (χ0n) is 21.8. The van der Waals surface area contributed by atoms with E-state index in [1.807, 2.05) is 24.3 Å². The van der Waals surface area contributed by atoms with Gasteiger partial charge in [-0.15, -0.1) is 0 Å². The van der Waals surface area contributed by atoms with Gasteiger partial charge in [0.2, 0.25) is 0 Å². The molecule has 36 heavy (non-hydrogen) atoms. The monoisotopic (exact) mass is 476 g/mol. The number of rotatable bonds is 11. The normalized spacial score (nSPS) is 12.8. The molecule has 0 bridgehead atoms. The van der Waals surface area contributed by atoms with Crippen LogP contribution < -0.4 is 11.5 Å². The minimum atomic E-state index is 0.425. The van der Waals surface area contributed by atoms with Gasteiger partial charge in [0.1, 0.15) is 0 Å². The summed E-state index contributed by atoms with van der Waals surface area (Å²) in [6, 6.07) is 35.2. The fourth-order valence-corrected chi connectivity index (χ4v) is 5.21. The third kappa shape index (κ3) is 6.57. The molecule has 0 spiro atoms. The van der Waals surface area contributed by atoms with Crippen LogP contribution >= 0.6 is 0 Å². The second-order valence-corrected chi connectivity index (χ2v) is 10.00. The molecule has 0 aromatic heterocycles. The van der Waals surface area contributed by atoms with Crippen LogP contribution in [0.3, 0.4) is 0 Å². The molecular formula is C34H40N2. The smallest absolute Gasteiger partial charge is 0.0314 e. The molecule has 2 atom stereocenters. The number of hydrogen-bond acceptors (Lipinski definition) is 2. The van der Waals surface area contributed by atoms with Crippen molar-refractivity contribution in [2.75, 3.05) is 11.5 Å². The highest BCUT2D eigenvalue weighted by molar-refractivity contribution is 5.44. The van der Waals surface area contributed by atoms with Crippen LogP contribution in [0.4, 0.5) is 11.4 Å². The van der Waals surface area contributed by atoms with Crippen LogP contribution in [-0.4, -0.2) is 0 Å². The molecule has 2 nitrogen and oxygen atoms in total. The number of nitrogens with two attached hydrogens (primary N) is 2. The summed E-state index contributed by atoms with van der Waals surface area (Å²) >= 11 is 0. The first-order chi connectivity index (χ1) is 17.6. The van der Waals surface area contributed by atoms with Gasteiger partial charge in [0, 0.05) is 23.2 Å². The van der Waals surface area contributed by atoms with Crippen LogP contribution in [0.25, 0.3) is 0 Å². The van der Waals surface area contributed by atoms with Crippen LogP contribution in [-0.2, 0) is 12.8 Å². The van der Waals surface area contributed by atoms with E-state index in [1.54, 1.807) is 0 Å². The molecule has 2 heteroatoms. The molecule has 186 valence electrons. The first-order valence-electron chi connectivity index (χ1n) is 13.5. The maximum Gasteiger partial charge on any atom is 0.0314 e. The Morgan fingerprint density at radius 2 is 0.722 bits per heavy atom. The van der Waals surface area contributed by atoms with Crippen molar-refractivity contribution in [3.63, 3.8) is 0 Å². The molecule has 0 aliphatic heterocycles. The molecule has 0 fully saturated rings. The molecule has 0 aliphatic carbocycles.